The van der Waals surface area contributed by atoms with Gasteiger partial charge in [-0.2, -0.15) is 0 Å². The van der Waals surface area contributed by atoms with Crippen molar-refractivity contribution in [3.8, 4) is 0 Å². The van der Waals surface area contributed by atoms with E-state index in [1.807, 2.05) is 42.5 Å². The van der Waals surface area contributed by atoms with E-state index in [9.17, 15) is 9.59 Å². The second kappa shape index (κ2) is 7.13. The van der Waals surface area contributed by atoms with Crippen LogP contribution in [0.1, 0.15) is 24.2 Å². The van der Waals surface area contributed by atoms with Gasteiger partial charge >= 0.3 is 0 Å². The lowest BCUT2D eigenvalue weighted by Gasteiger charge is -2.17. The van der Waals surface area contributed by atoms with Crippen molar-refractivity contribution in [3.63, 3.8) is 0 Å². The molecular formula is C18H20N2O3. The van der Waals surface area contributed by atoms with Gasteiger partial charge in [0.05, 0.1) is 12.3 Å². The number of carbonyl (C=O) groups is 2. The molecule has 0 radical (unpaired) electrons. The number of aryl methyl sites for hydroxylation is 1. The highest BCUT2D eigenvalue weighted by Crippen LogP contribution is 2.15. The van der Waals surface area contributed by atoms with Gasteiger partial charge in [0, 0.05) is 32.4 Å². The van der Waals surface area contributed by atoms with Gasteiger partial charge in [0.15, 0.2) is 0 Å². The van der Waals surface area contributed by atoms with Crippen LogP contribution in [0.15, 0.2) is 53.1 Å². The number of hydrogen-bond acceptors (Lipinski definition) is 3. The number of amides is 2. The average Bonchev–Trinajstić information content (AvgIpc) is 3.17. The SMILES string of the molecule is O=C(CCc1ccco1)N[C@H]1CC(=O)N(Cc2ccccc2)C1. The lowest BCUT2D eigenvalue weighted by Crippen LogP contribution is -2.37. The molecule has 120 valence electrons. The molecule has 1 N–H and O–H groups in total. The summed E-state index contributed by atoms with van der Waals surface area (Å²) in [6.45, 7) is 1.17. The first-order valence-corrected chi connectivity index (χ1v) is 7.84. The van der Waals surface area contributed by atoms with Crippen LogP contribution in [0.3, 0.4) is 0 Å². The molecule has 2 heterocycles. The van der Waals surface area contributed by atoms with Gasteiger partial charge in [0.2, 0.25) is 11.8 Å². The van der Waals surface area contributed by atoms with Gasteiger partial charge in [-0.15, -0.1) is 0 Å². The second-order valence-corrected chi connectivity index (χ2v) is 5.81. The fraction of sp³-hybridized carbons (Fsp3) is 0.333. The van der Waals surface area contributed by atoms with Gasteiger partial charge in [0.25, 0.3) is 0 Å². The van der Waals surface area contributed by atoms with Gasteiger partial charge in [-0.25, -0.2) is 0 Å². The van der Waals surface area contributed by atoms with E-state index in [0.717, 1.165) is 11.3 Å². The third-order valence-electron chi connectivity index (χ3n) is 3.97. The molecule has 0 unspecified atom stereocenters. The Hall–Kier alpha value is -2.56. The molecule has 1 aliphatic rings. The number of hydrogen-bond donors (Lipinski definition) is 1. The fourth-order valence-electron chi connectivity index (χ4n) is 2.82. The molecule has 1 fully saturated rings. The Kier molecular flexibility index (Phi) is 4.76. The van der Waals surface area contributed by atoms with Crippen molar-refractivity contribution in [3.05, 3.63) is 60.1 Å². The minimum Gasteiger partial charge on any atom is -0.469 e. The molecule has 23 heavy (non-hydrogen) atoms. The number of furan rings is 1. The maximum atomic E-state index is 12.1. The predicted octanol–water partition coefficient (Wildman–Crippen LogP) is 2.13. The Labute approximate surface area is 135 Å². The molecule has 0 saturated carbocycles. The van der Waals surface area contributed by atoms with Crippen molar-refractivity contribution in [2.24, 2.45) is 0 Å². The average molecular weight is 312 g/mol. The molecule has 2 aromatic rings. The number of nitrogens with zero attached hydrogens (tertiary/aromatic N) is 1. The van der Waals surface area contributed by atoms with Crippen molar-refractivity contribution in [2.45, 2.75) is 31.8 Å². The monoisotopic (exact) mass is 312 g/mol. The van der Waals surface area contributed by atoms with Crippen molar-refractivity contribution in [1.82, 2.24) is 10.2 Å². The van der Waals surface area contributed by atoms with Gasteiger partial charge in [-0.3, -0.25) is 9.59 Å². The number of nitrogens with one attached hydrogen (secondary N) is 1. The molecule has 2 amide bonds. The van der Waals surface area contributed by atoms with E-state index in [2.05, 4.69) is 5.32 Å². The van der Waals surface area contributed by atoms with Gasteiger partial charge in [-0.1, -0.05) is 30.3 Å². The molecule has 1 aromatic heterocycles. The zero-order chi connectivity index (χ0) is 16.1. The molecule has 0 aliphatic carbocycles. The maximum absolute atomic E-state index is 12.1. The summed E-state index contributed by atoms with van der Waals surface area (Å²) in [6.07, 6.45) is 2.92. The van der Waals surface area contributed by atoms with Crippen LogP contribution in [-0.4, -0.2) is 29.3 Å². The summed E-state index contributed by atoms with van der Waals surface area (Å²) in [5.41, 5.74) is 1.10. The number of likely N-dealkylation sites (tertiary alicyclic amines) is 1. The Morgan fingerprint density at radius 3 is 2.78 bits per heavy atom. The van der Waals surface area contributed by atoms with Crippen molar-refractivity contribution in [1.29, 1.82) is 0 Å². The van der Waals surface area contributed by atoms with E-state index in [0.29, 0.717) is 32.4 Å². The number of benzene rings is 1. The molecule has 1 atom stereocenters. The van der Waals surface area contributed by atoms with E-state index in [1.165, 1.54) is 0 Å². The van der Waals surface area contributed by atoms with E-state index < -0.39 is 0 Å². The van der Waals surface area contributed by atoms with Crippen LogP contribution in [0.2, 0.25) is 0 Å². The summed E-state index contributed by atoms with van der Waals surface area (Å²) < 4.78 is 5.21. The number of carbonyl (C=O) groups excluding carboxylic acids is 2. The van der Waals surface area contributed by atoms with Crippen LogP contribution in [0.25, 0.3) is 0 Å². The van der Waals surface area contributed by atoms with Crippen LogP contribution in [0.4, 0.5) is 0 Å². The molecule has 1 aliphatic heterocycles. The first-order valence-electron chi connectivity index (χ1n) is 7.84. The maximum Gasteiger partial charge on any atom is 0.225 e. The highest BCUT2D eigenvalue weighted by molar-refractivity contribution is 5.82. The molecule has 5 heteroatoms. The van der Waals surface area contributed by atoms with Gasteiger partial charge < -0.3 is 14.6 Å². The molecule has 3 rings (SSSR count). The zero-order valence-corrected chi connectivity index (χ0v) is 12.9. The van der Waals surface area contributed by atoms with Gasteiger partial charge in [-0.05, 0) is 17.7 Å². The molecule has 5 nitrogen and oxygen atoms in total. The molecule has 1 aromatic carbocycles. The predicted molar refractivity (Wildman–Crippen MR) is 85.4 cm³/mol. The van der Waals surface area contributed by atoms with Crippen LogP contribution in [-0.2, 0) is 22.6 Å². The van der Waals surface area contributed by atoms with Crippen LogP contribution in [0.5, 0.6) is 0 Å². The fourth-order valence-corrected chi connectivity index (χ4v) is 2.82. The summed E-state index contributed by atoms with van der Waals surface area (Å²) in [5, 5.41) is 2.94. The summed E-state index contributed by atoms with van der Waals surface area (Å²) in [7, 11) is 0. The van der Waals surface area contributed by atoms with Crippen LogP contribution < -0.4 is 5.32 Å². The summed E-state index contributed by atoms with van der Waals surface area (Å²) >= 11 is 0. The third kappa shape index (κ3) is 4.22. The van der Waals surface area contributed by atoms with Crippen LogP contribution >= 0.6 is 0 Å². The topological polar surface area (TPSA) is 62.6 Å². The molecular weight excluding hydrogens is 292 g/mol. The van der Waals surface area contributed by atoms with E-state index in [4.69, 9.17) is 4.42 Å². The quantitative estimate of drug-likeness (QED) is 0.889. The molecule has 1 saturated heterocycles. The lowest BCUT2D eigenvalue weighted by atomic mass is 10.2. The highest BCUT2D eigenvalue weighted by atomic mass is 16.3. The van der Waals surface area contributed by atoms with Crippen molar-refractivity contribution < 1.29 is 14.0 Å². The molecule has 0 spiro atoms. The van der Waals surface area contributed by atoms with E-state index >= 15 is 0 Å². The molecule has 0 bridgehead atoms. The van der Waals surface area contributed by atoms with Crippen molar-refractivity contribution >= 4 is 11.8 Å². The van der Waals surface area contributed by atoms with Crippen molar-refractivity contribution in [2.75, 3.05) is 6.54 Å². The van der Waals surface area contributed by atoms with Crippen LogP contribution in [0, 0.1) is 0 Å². The summed E-state index contributed by atoms with van der Waals surface area (Å²) in [5.74, 6) is 0.847. The Morgan fingerprint density at radius 2 is 2.04 bits per heavy atom. The first kappa shape index (κ1) is 15.3. The third-order valence-corrected chi connectivity index (χ3v) is 3.97. The first-order chi connectivity index (χ1) is 11.2. The number of rotatable bonds is 6. The largest absolute Gasteiger partial charge is 0.469 e. The second-order valence-electron chi connectivity index (χ2n) is 5.81. The van der Waals surface area contributed by atoms with E-state index in [-0.39, 0.29) is 17.9 Å². The summed E-state index contributed by atoms with van der Waals surface area (Å²) in [4.78, 5) is 25.9. The Morgan fingerprint density at radius 1 is 1.22 bits per heavy atom. The zero-order valence-electron chi connectivity index (χ0n) is 12.9. The van der Waals surface area contributed by atoms with Gasteiger partial charge in [0.1, 0.15) is 5.76 Å². The summed E-state index contributed by atoms with van der Waals surface area (Å²) in [6, 6.07) is 13.4. The standard InChI is InChI=1S/C18H20N2O3/c21-17(9-8-16-7-4-10-23-16)19-15-11-18(22)20(13-15)12-14-5-2-1-3-6-14/h1-7,10,15H,8-9,11-13H2,(H,19,21)/t15-/m0/s1. The smallest absolute Gasteiger partial charge is 0.225 e. The van der Waals surface area contributed by atoms with E-state index in [1.54, 1.807) is 11.2 Å². The highest BCUT2D eigenvalue weighted by Gasteiger charge is 2.30. The minimum absolute atomic E-state index is 0.0410. The Balaban J connectivity index is 1.46. The Bertz CT molecular complexity index is 652. The normalized spacial score (nSPS) is 17.5. The lowest BCUT2D eigenvalue weighted by molar-refractivity contribution is -0.128. The minimum atomic E-state index is -0.102.